The zero-order valence-corrected chi connectivity index (χ0v) is 22.7. The Morgan fingerprint density at radius 1 is 1.19 bits per heavy atom. The van der Waals surface area contributed by atoms with Gasteiger partial charge in [-0.15, -0.1) is 0 Å². The van der Waals surface area contributed by atoms with Crippen LogP contribution in [0.15, 0.2) is 41.4 Å². The van der Waals surface area contributed by atoms with Crippen molar-refractivity contribution in [3.63, 3.8) is 0 Å². The van der Waals surface area contributed by atoms with Crippen LogP contribution in [0.2, 0.25) is 10.0 Å². The number of piperazine rings is 1. The third kappa shape index (κ3) is 5.30. The van der Waals surface area contributed by atoms with Gasteiger partial charge in [0.1, 0.15) is 18.0 Å². The van der Waals surface area contributed by atoms with Gasteiger partial charge in [-0.2, -0.15) is 5.10 Å². The number of benzene rings is 1. The summed E-state index contributed by atoms with van der Waals surface area (Å²) >= 11 is 12.7. The molecule has 192 valence electrons. The Hall–Kier alpha value is -2.82. The smallest absolute Gasteiger partial charge is 0.244 e. The summed E-state index contributed by atoms with van der Waals surface area (Å²) in [4.78, 5) is 21.5. The van der Waals surface area contributed by atoms with Gasteiger partial charge < -0.3 is 14.5 Å². The molecule has 3 heterocycles. The van der Waals surface area contributed by atoms with Gasteiger partial charge in [0.2, 0.25) is 5.91 Å². The molecule has 1 atom stereocenters. The standard InChI is InChI=1S/C24H27Cl2N5O4S/c1-15-13-29(17-8-9-18(25)20(12-17)35-3)10-11-30(15)22(32)14-31-16(2)23(26)24(28-31)19-6-5-7-21(27-19)36(4,33)34/h5-9,12,15H,10-11,13-14H2,1-4H3/t15-/m0/s1. The van der Waals surface area contributed by atoms with Crippen LogP contribution in [-0.4, -0.2) is 73.0 Å². The maximum Gasteiger partial charge on any atom is 0.244 e. The number of sulfone groups is 1. The fourth-order valence-electron chi connectivity index (χ4n) is 4.22. The largest absolute Gasteiger partial charge is 0.495 e. The van der Waals surface area contributed by atoms with Gasteiger partial charge in [-0.25, -0.2) is 13.4 Å². The van der Waals surface area contributed by atoms with E-state index in [1.807, 2.05) is 24.0 Å². The summed E-state index contributed by atoms with van der Waals surface area (Å²) in [5.41, 5.74) is 2.25. The van der Waals surface area contributed by atoms with Crippen LogP contribution in [0.4, 0.5) is 5.69 Å². The van der Waals surface area contributed by atoms with Crippen molar-refractivity contribution < 1.29 is 17.9 Å². The van der Waals surface area contributed by atoms with Gasteiger partial charge in [0.05, 0.1) is 28.5 Å². The molecule has 1 aliphatic rings. The molecular weight excluding hydrogens is 525 g/mol. The number of anilines is 1. The predicted octanol–water partition coefficient (Wildman–Crippen LogP) is 3.71. The van der Waals surface area contributed by atoms with E-state index in [1.54, 1.807) is 32.2 Å². The van der Waals surface area contributed by atoms with Crippen LogP contribution in [-0.2, 0) is 21.2 Å². The number of aromatic nitrogens is 3. The highest BCUT2D eigenvalue weighted by atomic mass is 35.5. The summed E-state index contributed by atoms with van der Waals surface area (Å²) in [5, 5.41) is 5.31. The molecule has 4 rings (SSSR count). The van der Waals surface area contributed by atoms with Gasteiger partial charge in [-0.3, -0.25) is 9.48 Å². The van der Waals surface area contributed by atoms with E-state index in [0.29, 0.717) is 52.5 Å². The van der Waals surface area contributed by atoms with Gasteiger partial charge in [0.15, 0.2) is 14.9 Å². The first-order chi connectivity index (χ1) is 17.0. The van der Waals surface area contributed by atoms with E-state index in [-0.39, 0.29) is 23.5 Å². The summed E-state index contributed by atoms with van der Waals surface area (Å²) in [6, 6.07) is 10.3. The van der Waals surface area contributed by atoms with Gasteiger partial charge >= 0.3 is 0 Å². The molecule has 0 saturated carbocycles. The molecule has 1 amide bonds. The number of pyridine rings is 1. The minimum Gasteiger partial charge on any atom is -0.495 e. The molecule has 1 aromatic carbocycles. The number of carbonyl (C=O) groups excluding carboxylic acids is 1. The number of ether oxygens (including phenoxy) is 1. The SMILES string of the molecule is COc1cc(N2CCN(C(=O)Cn3nc(-c4cccc(S(C)(=O)=O)n4)c(Cl)c3C)[C@@H](C)C2)ccc1Cl. The second-order valence-electron chi connectivity index (χ2n) is 8.74. The van der Waals surface area contributed by atoms with Crippen molar-refractivity contribution >= 4 is 44.6 Å². The number of nitrogens with zero attached hydrogens (tertiary/aromatic N) is 5. The first-order valence-corrected chi connectivity index (χ1v) is 13.9. The predicted molar refractivity (Wildman–Crippen MR) is 140 cm³/mol. The summed E-state index contributed by atoms with van der Waals surface area (Å²) < 4.78 is 30.7. The summed E-state index contributed by atoms with van der Waals surface area (Å²) in [6.07, 6.45) is 1.09. The maximum absolute atomic E-state index is 13.2. The van der Waals surface area contributed by atoms with E-state index < -0.39 is 9.84 Å². The minimum absolute atomic E-state index is 0.0103. The van der Waals surface area contributed by atoms with Crippen molar-refractivity contribution in [2.75, 3.05) is 37.9 Å². The molecule has 1 aliphatic heterocycles. The number of halogens is 2. The lowest BCUT2D eigenvalue weighted by Crippen LogP contribution is -2.54. The number of hydrogen-bond donors (Lipinski definition) is 0. The lowest BCUT2D eigenvalue weighted by atomic mass is 10.1. The van der Waals surface area contributed by atoms with Crippen LogP contribution in [0.3, 0.4) is 0 Å². The van der Waals surface area contributed by atoms with Crippen LogP contribution in [0.5, 0.6) is 5.75 Å². The minimum atomic E-state index is -3.49. The summed E-state index contributed by atoms with van der Waals surface area (Å²) in [5.74, 6) is 0.529. The first-order valence-electron chi connectivity index (χ1n) is 11.3. The Balaban J connectivity index is 1.49. The third-order valence-corrected chi connectivity index (χ3v) is 7.96. The molecule has 1 fully saturated rings. The molecule has 12 heteroatoms. The average molecular weight is 552 g/mol. The molecule has 2 aromatic heterocycles. The lowest BCUT2D eigenvalue weighted by molar-refractivity contribution is -0.134. The van der Waals surface area contributed by atoms with E-state index in [0.717, 1.165) is 11.9 Å². The van der Waals surface area contributed by atoms with Crippen LogP contribution in [0.25, 0.3) is 11.4 Å². The maximum atomic E-state index is 13.2. The average Bonchev–Trinajstić information content (AvgIpc) is 3.12. The van der Waals surface area contributed by atoms with E-state index in [9.17, 15) is 13.2 Å². The number of hydrogen-bond acceptors (Lipinski definition) is 7. The van der Waals surface area contributed by atoms with Crippen LogP contribution < -0.4 is 9.64 Å². The molecule has 9 nitrogen and oxygen atoms in total. The molecule has 0 unspecified atom stereocenters. The highest BCUT2D eigenvalue weighted by Gasteiger charge is 2.29. The zero-order chi connectivity index (χ0) is 26.2. The molecule has 0 N–H and O–H groups in total. The summed E-state index contributed by atoms with van der Waals surface area (Å²) in [7, 11) is -1.91. The molecule has 3 aromatic rings. The molecule has 36 heavy (non-hydrogen) atoms. The van der Waals surface area contributed by atoms with Gasteiger partial charge in [-0.1, -0.05) is 29.3 Å². The lowest BCUT2D eigenvalue weighted by Gasteiger charge is -2.41. The molecule has 0 radical (unpaired) electrons. The van der Waals surface area contributed by atoms with Crippen LogP contribution in [0.1, 0.15) is 12.6 Å². The number of rotatable bonds is 6. The molecule has 0 bridgehead atoms. The van der Waals surface area contributed by atoms with E-state index in [2.05, 4.69) is 15.0 Å². The van der Waals surface area contributed by atoms with Crippen LogP contribution >= 0.6 is 23.2 Å². The Morgan fingerprint density at radius 3 is 2.61 bits per heavy atom. The van der Waals surface area contributed by atoms with Crippen molar-refractivity contribution in [2.45, 2.75) is 31.5 Å². The van der Waals surface area contributed by atoms with Crippen LogP contribution in [0, 0.1) is 6.92 Å². The first kappa shape index (κ1) is 26.2. The van der Waals surface area contributed by atoms with E-state index >= 15 is 0 Å². The van der Waals surface area contributed by atoms with Gasteiger partial charge in [0, 0.05) is 43.7 Å². The molecule has 0 aliphatic carbocycles. The Labute approximate surface area is 220 Å². The second-order valence-corrected chi connectivity index (χ2v) is 11.5. The fourth-order valence-corrected chi connectivity index (χ4v) is 5.24. The van der Waals surface area contributed by atoms with Gasteiger partial charge in [-0.05, 0) is 38.1 Å². The van der Waals surface area contributed by atoms with Crippen molar-refractivity contribution in [3.05, 3.63) is 52.1 Å². The topological polar surface area (TPSA) is 97.6 Å². The number of amides is 1. The van der Waals surface area contributed by atoms with E-state index in [1.165, 1.54) is 10.7 Å². The quantitative estimate of drug-likeness (QED) is 0.460. The normalized spacial score (nSPS) is 16.3. The molecular formula is C24H27Cl2N5O4S. The Kier molecular flexibility index (Phi) is 7.49. The van der Waals surface area contributed by atoms with Crippen molar-refractivity contribution in [1.82, 2.24) is 19.7 Å². The zero-order valence-electron chi connectivity index (χ0n) is 20.4. The number of carbonyl (C=O) groups is 1. The third-order valence-electron chi connectivity index (χ3n) is 6.21. The highest BCUT2D eigenvalue weighted by Crippen LogP contribution is 2.31. The number of methoxy groups -OCH3 is 1. The highest BCUT2D eigenvalue weighted by molar-refractivity contribution is 7.90. The Bertz CT molecular complexity index is 1410. The molecule has 1 saturated heterocycles. The van der Waals surface area contributed by atoms with E-state index in [4.69, 9.17) is 27.9 Å². The molecule has 0 spiro atoms. The second kappa shape index (κ2) is 10.3. The van der Waals surface area contributed by atoms with Crippen molar-refractivity contribution in [3.8, 4) is 17.1 Å². The Morgan fingerprint density at radius 2 is 1.94 bits per heavy atom. The summed E-state index contributed by atoms with van der Waals surface area (Å²) in [6.45, 7) is 5.64. The fraction of sp³-hybridized carbons (Fsp3) is 0.375. The van der Waals surface area contributed by atoms with Gasteiger partial charge in [0.25, 0.3) is 0 Å². The van der Waals surface area contributed by atoms with Crippen molar-refractivity contribution in [1.29, 1.82) is 0 Å². The monoisotopic (exact) mass is 551 g/mol. The van der Waals surface area contributed by atoms with Crippen molar-refractivity contribution in [2.24, 2.45) is 0 Å².